The first-order chi connectivity index (χ1) is 9.65. The fourth-order valence-corrected chi connectivity index (χ4v) is 2.75. The van der Waals surface area contributed by atoms with Crippen LogP contribution >= 0.6 is 11.6 Å². The Bertz CT molecular complexity index is 632. The molecule has 1 unspecified atom stereocenters. The van der Waals surface area contributed by atoms with Crippen LogP contribution in [0, 0.1) is 5.82 Å². The van der Waals surface area contributed by atoms with Crippen molar-refractivity contribution in [1.82, 2.24) is 0 Å². The molecule has 0 amide bonds. The Labute approximate surface area is 122 Å². The van der Waals surface area contributed by atoms with E-state index in [0.29, 0.717) is 13.0 Å². The normalized spacial score (nSPS) is 17.9. The van der Waals surface area contributed by atoms with Gasteiger partial charge in [0.2, 0.25) is 0 Å². The number of rotatable bonds is 2. The van der Waals surface area contributed by atoms with Crippen LogP contribution in [0.5, 0.6) is 0 Å². The second kappa shape index (κ2) is 5.43. The second-order valence-electron chi connectivity index (χ2n) is 5.03. The van der Waals surface area contributed by atoms with E-state index in [1.165, 1.54) is 6.07 Å². The molecular weight excluding hydrogens is 277 g/mol. The Balaban J connectivity index is 1.88. The van der Waals surface area contributed by atoms with Crippen LogP contribution in [0.15, 0.2) is 42.5 Å². The van der Waals surface area contributed by atoms with Crippen LogP contribution in [0.25, 0.3) is 0 Å². The van der Waals surface area contributed by atoms with Crippen molar-refractivity contribution in [1.29, 1.82) is 0 Å². The largest absolute Gasteiger partial charge is 0.388 e. The summed E-state index contributed by atoms with van der Waals surface area (Å²) in [4.78, 5) is 2.16. The van der Waals surface area contributed by atoms with Gasteiger partial charge in [-0.05, 0) is 30.2 Å². The van der Waals surface area contributed by atoms with Gasteiger partial charge >= 0.3 is 0 Å². The lowest BCUT2D eigenvalue weighted by Crippen LogP contribution is -2.30. The summed E-state index contributed by atoms with van der Waals surface area (Å²) in [6, 6.07) is 12.7. The lowest BCUT2D eigenvalue weighted by Gasteiger charge is -2.33. The summed E-state index contributed by atoms with van der Waals surface area (Å²) in [5.41, 5.74) is 2.83. The Morgan fingerprint density at radius 2 is 2.05 bits per heavy atom. The Kier molecular flexibility index (Phi) is 3.64. The van der Waals surface area contributed by atoms with E-state index in [9.17, 15) is 9.50 Å². The van der Waals surface area contributed by atoms with Crippen LogP contribution in [0.1, 0.15) is 23.7 Å². The number of aliphatic hydroxyl groups is 1. The van der Waals surface area contributed by atoms with E-state index in [0.717, 1.165) is 23.4 Å². The number of aliphatic hydroxyl groups excluding tert-OH is 1. The van der Waals surface area contributed by atoms with E-state index in [2.05, 4.69) is 4.90 Å². The van der Waals surface area contributed by atoms with E-state index in [4.69, 9.17) is 11.6 Å². The van der Waals surface area contributed by atoms with Gasteiger partial charge in [0, 0.05) is 24.3 Å². The third-order valence-electron chi connectivity index (χ3n) is 3.67. The molecule has 2 aromatic carbocycles. The molecule has 1 aliphatic heterocycles. The Morgan fingerprint density at radius 1 is 1.25 bits per heavy atom. The summed E-state index contributed by atoms with van der Waals surface area (Å²) in [6.07, 6.45) is 0.275. The molecule has 1 atom stereocenters. The molecule has 1 aliphatic rings. The minimum Gasteiger partial charge on any atom is -0.388 e. The molecule has 20 heavy (non-hydrogen) atoms. The summed E-state index contributed by atoms with van der Waals surface area (Å²) in [7, 11) is 0. The van der Waals surface area contributed by atoms with Crippen molar-refractivity contribution >= 4 is 17.3 Å². The van der Waals surface area contributed by atoms with Gasteiger partial charge < -0.3 is 10.0 Å². The average molecular weight is 292 g/mol. The maximum Gasteiger partial charge on any atom is 0.142 e. The van der Waals surface area contributed by atoms with Crippen LogP contribution < -0.4 is 4.90 Å². The Morgan fingerprint density at radius 3 is 2.85 bits per heavy atom. The molecule has 2 aromatic rings. The third kappa shape index (κ3) is 2.51. The van der Waals surface area contributed by atoms with Crippen molar-refractivity contribution in [3.05, 3.63) is 64.4 Å². The molecule has 0 fully saturated rings. The van der Waals surface area contributed by atoms with Gasteiger partial charge in [-0.15, -0.1) is 0 Å². The van der Waals surface area contributed by atoms with Crippen molar-refractivity contribution in [3.63, 3.8) is 0 Å². The molecule has 0 radical (unpaired) electrons. The van der Waals surface area contributed by atoms with E-state index >= 15 is 0 Å². The van der Waals surface area contributed by atoms with E-state index in [1.807, 2.05) is 30.3 Å². The fourth-order valence-electron chi connectivity index (χ4n) is 2.63. The van der Waals surface area contributed by atoms with Gasteiger partial charge in [0.05, 0.1) is 11.1 Å². The number of nitrogens with zero attached hydrogens (tertiary/aromatic N) is 1. The first kappa shape index (κ1) is 13.4. The summed E-state index contributed by atoms with van der Waals surface area (Å²) in [5, 5.41) is 10.2. The second-order valence-corrected chi connectivity index (χ2v) is 5.44. The molecule has 2 nitrogen and oxygen atoms in total. The summed E-state index contributed by atoms with van der Waals surface area (Å²) in [6.45, 7) is 1.36. The quantitative estimate of drug-likeness (QED) is 0.906. The molecule has 0 bridgehead atoms. The minimum atomic E-state index is -0.413. The summed E-state index contributed by atoms with van der Waals surface area (Å²) < 4.78 is 13.5. The molecule has 1 heterocycles. The number of benzene rings is 2. The summed E-state index contributed by atoms with van der Waals surface area (Å²) >= 11 is 5.70. The number of halogens is 2. The first-order valence-corrected chi connectivity index (χ1v) is 6.99. The van der Waals surface area contributed by atoms with Gasteiger partial charge in [-0.1, -0.05) is 35.9 Å². The monoisotopic (exact) mass is 291 g/mol. The molecule has 0 saturated carbocycles. The van der Waals surface area contributed by atoms with Crippen LogP contribution in [-0.2, 0) is 6.54 Å². The van der Waals surface area contributed by atoms with Gasteiger partial charge in [0.1, 0.15) is 5.82 Å². The fraction of sp³-hybridized carbons (Fsp3) is 0.250. The van der Waals surface area contributed by atoms with Crippen LogP contribution in [0.4, 0.5) is 10.1 Å². The molecule has 3 rings (SSSR count). The van der Waals surface area contributed by atoms with Crippen LogP contribution in [0.3, 0.4) is 0 Å². The van der Waals surface area contributed by atoms with E-state index in [1.54, 1.807) is 6.07 Å². The SMILES string of the molecule is OC1CCN(Cc2ccc(Cl)c(F)c2)c2ccccc21. The first-order valence-electron chi connectivity index (χ1n) is 6.61. The highest BCUT2D eigenvalue weighted by Gasteiger charge is 2.23. The van der Waals surface area contributed by atoms with Crippen molar-refractivity contribution in [3.8, 4) is 0 Å². The van der Waals surface area contributed by atoms with Crippen LogP contribution in [-0.4, -0.2) is 11.7 Å². The molecule has 0 spiro atoms. The number of hydrogen-bond acceptors (Lipinski definition) is 2. The standard InChI is InChI=1S/C16H15ClFNO/c17-13-6-5-11(9-14(13)18)10-19-8-7-16(20)12-3-1-2-4-15(12)19/h1-6,9,16,20H,7-8,10H2. The molecular formula is C16H15ClFNO. The molecule has 0 aliphatic carbocycles. The highest BCUT2D eigenvalue weighted by Crippen LogP contribution is 2.34. The van der Waals surface area contributed by atoms with Gasteiger partial charge in [0.15, 0.2) is 0 Å². The maximum atomic E-state index is 13.5. The van der Waals surface area contributed by atoms with E-state index in [-0.39, 0.29) is 5.02 Å². The highest BCUT2D eigenvalue weighted by atomic mass is 35.5. The number of anilines is 1. The predicted molar refractivity (Wildman–Crippen MR) is 78.5 cm³/mol. The van der Waals surface area contributed by atoms with Crippen molar-refractivity contribution < 1.29 is 9.50 Å². The maximum absolute atomic E-state index is 13.5. The third-order valence-corrected chi connectivity index (χ3v) is 3.97. The lowest BCUT2D eigenvalue weighted by atomic mass is 9.98. The van der Waals surface area contributed by atoms with Gasteiger partial charge in [-0.3, -0.25) is 0 Å². The van der Waals surface area contributed by atoms with Crippen molar-refractivity contribution in [2.45, 2.75) is 19.1 Å². The highest BCUT2D eigenvalue weighted by molar-refractivity contribution is 6.30. The molecule has 0 aromatic heterocycles. The zero-order chi connectivity index (χ0) is 14.1. The topological polar surface area (TPSA) is 23.5 Å². The smallest absolute Gasteiger partial charge is 0.142 e. The minimum absolute atomic E-state index is 0.142. The summed E-state index contributed by atoms with van der Waals surface area (Å²) in [5.74, 6) is -0.394. The number of fused-ring (bicyclic) bond motifs is 1. The number of hydrogen-bond donors (Lipinski definition) is 1. The molecule has 104 valence electrons. The van der Waals surface area contributed by atoms with E-state index < -0.39 is 11.9 Å². The van der Waals surface area contributed by atoms with Gasteiger partial charge in [-0.25, -0.2) is 4.39 Å². The van der Waals surface area contributed by atoms with Gasteiger partial charge in [0.25, 0.3) is 0 Å². The number of para-hydroxylation sites is 1. The van der Waals surface area contributed by atoms with Gasteiger partial charge in [-0.2, -0.15) is 0 Å². The predicted octanol–water partition coefficient (Wildman–Crippen LogP) is 3.92. The molecule has 1 N–H and O–H groups in total. The zero-order valence-electron chi connectivity index (χ0n) is 10.9. The zero-order valence-corrected chi connectivity index (χ0v) is 11.6. The van der Waals surface area contributed by atoms with Crippen molar-refractivity contribution in [2.75, 3.05) is 11.4 Å². The Hall–Kier alpha value is -1.58. The average Bonchev–Trinajstić information content (AvgIpc) is 2.46. The molecule has 4 heteroatoms. The van der Waals surface area contributed by atoms with Crippen LogP contribution in [0.2, 0.25) is 5.02 Å². The van der Waals surface area contributed by atoms with Crippen molar-refractivity contribution in [2.24, 2.45) is 0 Å². The molecule has 0 saturated heterocycles. The lowest BCUT2D eigenvalue weighted by molar-refractivity contribution is 0.164.